The van der Waals surface area contributed by atoms with Crippen molar-refractivity contribution < 1.29 is 19.1 Å². The highest BCUT2D eigenvalue weighted by molar-refractivity contribution is 5.71. The summed E-state index contributed by atoms with van der Waals surface area (Å²) >= 11 is 0. The minimum atomic E-state index is -0.489. The van der Waals surface area contributed by atoms with Crippen LogP contribution in [0, 0.1) is 0 Å². The number of rotatable bonds is 2. The lowest BCUT2D eigenvalue weighted by molar-refractivity contribution is -0.143. The molecule has 2 heterocycles. The molecule has 0 radical (unpaired) electrons. The molecule has 0 unspecified atom stereocenters. The number of piperazine rings is 2. The second-order valence-corrected chi connectivity index (χ2v) is 7.44. The molecular formula is C16H29N3O4. The number of amides is 1. The van der Waals surface area contributed by atoms with Crippen molar-refractivity contribution in [3.05, 3.63) is 0 Å². The summed E-state index contributed by atoms with van der Waals surface area (Å²) < 4.78 is 10.3. The van der Waals surface area contributed by atoms with E-state index in [1.165, 1.54) is 7.11 Å². The van der Waals surface area contributed by atoms with Crippen molar-refractivity contribution in [2.75, 3.05) is 46.4 Å². The fourth-order valence-electron chi connectivity index (χ4n) is 3.18. The zero-order chi connectivity index (χ0) is 17.2. The van der Waals surface area contributed by atoms with Crippen molar-refractivity contribution in [2.45, 2.75) is 45.4 Å². The molecule has 2 aliphatic heterocycles. The zero-order valence-corrected chi connectivity index (χ0v) is 14.9. The van der Waals surface area contributed by atoms with E-state index in [1.807, 2.05) is 25.7 Å². The van der Waals surface area contributed by atoms with Gasteiger partial charge in [-0.15, -0.1) is 0 Å². The third-order valence-corrected chi connectivity index (χ3v) is 4.34. The number of fused-ring (bicyclic) bond motifs is 1. The number of hydrogen-bond acceptors (Lipinski definition) is 6. The molecule has 0 aliphatic carbocycles. The van der Waals surface area contributed by atoms with E-state index in [2.05, 4.69) is 16.7 Å². The van der Waals surface area contributed by atoms with E-state index in [-0.39, 0.29) is 24.1 Å². The first kappa shape index (κ1) is 18.0. The van der Waals surface area contributed by atoms with Crippen LogP contribution in [0.1, 0.15) is 27.7 Å². The van der Waals surface area contributed by atoms with Crippen LogP contribution in [-0.2, 0) is 14.3 Å². The van der Waals surface area contributed by atoms with Crippen LogP contribution >= 0.6 is 0 Å². The van der Waals surface area contributed by atoms with E-state index in [4.69, 9.17) is 9.47 Å². The lowest BCUT2D eigenvalue weighted by atomic mass is 10.0. The first-order valence-electron chi connectivity index (χ1n) is 8.22. The predicted molar refractivity (Wildman–Crippen MR) is 86.2 cm³/mol. The number of methoxy groups -OCH3 is 1. The number of carbonyl (C=O) groups excluding carboxylic acids is 2. The SMILES string of the molecule is COC(=O)CN1CCN2C[C@@H](C)N(C(=O)OC(C)(C)C)C[C@@H]2C1. The van der Waals surface area contributed by atoms with Crippen LogP contribution in [0.4, 0.5) is 4.79 Å². The molecule has 0 saturated carbocycles. The normalized spacial score (nSPS) is 26.6. The van der Waals surface area contributed by atoms with Gasteiger partial charge in [0.1, 0.15) is 5.60 Å². The fourth-order valence-corrected chi connectivity index (χ4v) is 3.18. The molecule has 132 valence electrons. The number of nitrogens with zero attached hydrogens (tertiary/aromatic N) is 3. The topological polar surface area (TPSA) is 62.3 Å². The van der Waals surface area contributed by atoms with Crippen molar-refractivity contribution in [2.24, 2.45) is 0 Å². The highest BCUT2D eigenvalue weighted by atomic mass is 16.6. The van der Waals surface area contributed by atoms with Crippen molar-refractivity contribution in [3.8, 4) is 0 Å². The van der Waals surface area contributed by atoms with Gasteiger partial charge in [-0.1, -0.05) is 0 Å². The molecule has 23 heavy (non-hydrogen) atoms. The van der Waals surface area contributed by atoms with E-state index in [9.17, 15) is 9.59 Å². The largest absolute Gasteiger partial charge is 0.468 e. The molecule has 0 aromatic heterocycles. The Morgan fingerprint density at radius 1 is 1.13 bits per heavy atom. The molecular weight excluding hydrogens is 298 g/mol. The molecule has 0 bridgehead atoms. The van der Waals surface area contributed by atoms with Gasteiger partial charge < -0.3 is 14.4 Å². The van der Waals surface area contributed by atoms with Gasteiger partial charge in [-0.05, 0) is 27.7 Å². The molecule has 0 aromatic rings. The standard InChI is InChI=1S/C16H29N3O4/c1-12-8-18-7-6-17(11-14(20)22-5)9-13(18)10-19(12)15(21)23-16(2,3)4/h12-13H,6-11H2,1-5H3/t12-,13+/m1/s1. The molecule has 7 nitrogen and oxygen atoms in total. The van der Waals surface area contributed by atoms with E-state index < -0.39 is 5.60 Å². The van der Waals surface area contributed by atoms with Gasteiger partial charge in [0.25, 0.3) is 0 Å². The summed E-state index contributed by atoms with van der Waals surface area (Å²) in [4.78, 5) is 30.2. The van der Waals surface area contributed by atoms with Gasteiger partial charge in [0.2, 0.25) is 0 Å². The van der Waals surface area contributed by atoms with E-state index in [0.717, 1.165) is 26.2 Å². The van der Waals surface area contributed by atoms with Crippen molar-refractivity contribution in [1.29, 1.82) is 0 Å². The Balaban J connectivity index is 1.97. The van der Waals surface area contributed by atoms with Gasteiger partial charge in [0, 0.05) is 44.8 Å². The Morgan fingerprint density at radius 2 is 1.83 bits per heavy atom. The van der Waals surface area contributed by atoms with Crippen LogP contribution < -0.4 is 0 Å². The molecule has 2 rings (SSSR count). The van der Waals surface area contributed by atoms with Gasteiger partial charge >= 0.3 is 12.1 Å². The lowest BCUT2D eigenvalue weighted by Gasteiger charge is -2.49. The Bertz CT molecular complexity index is 449. The maximum atomic E-state index is 12.4. The Kier molecular flexibility index (Phi) is 5.52. The first-order valence-corrected chi connectivity index (χ1v) is 8.22. The van der Waals surface area contributed by atoms with Gasteiger partial charge in [-0.2, -0.15) is 0 Å². The summed E-state index contributed by atoms with van der Waals surface area (Å²) in [6, 6.07) is 0.366. The number of ether oxygens (including phenoxy) is 2. The molecule has 2 fully saturated rings. The van der Waals surface area contributed by atoms with Gasteiger partial charge in [-0.25, -0.2) is 4.79 Å². The average molecular weight is 327 g/mol. The Labute approximate surface area is 138 Å². The Hall–Kier alpha value is -1.34. The average Bonchev–Trinajstić information content (AvgIpc) is 2.44. The summed E-state index contributed by atoms with van der Waals surface area (Å²) in [7, 11) is 1.41. The highest BCUT2D eigenvalue weighted by Crippen LogP contribution is 2.21. The zero-order valence-electron chi connectivity index (χ0n) is 14.9. The molecule has 0 aromatic carbocycles. The number of esters is 1. The minimum Gasteiger partial charge on any atom is -0.468 e. The number of carbonyl (C=O) groups is 2. The van der Waals surface area contributed by atoms with Crippen LogP contribution in [0.5, 0.6) is 0 Å². The second-order valence-electron chi connectivity index (χ2n) is 7.44. The smallest absolute Gasteiger partial charge is 0.410 e. The third-order valence-electron chi connectivity index (χ3n) is 4.34. The quantitative estimate of drug-likeness (QED) is 0.699. The second kappa shape index (κ2) is 7.05. The maximum absolute atomic E-state index is 12.4. The minimum absolute atomic E-state index is 0.133. The van der Waals surface area contributed by atoms with Crippen molar-refractivity contribution in [1.82, 2.24) is 14.7 Å². The van der Waals surface area contributed by atoms with E-state index >= 15 is 0 Å². The van der Waals surface area contributed by atoms with Gasteiger partial charge in [0.05, 0.1) is 13.7 Å². The van der Waals surface area contributed by atoms with Gasteiger partial charge in [0.15, 0.2) is 0 Å². The Morgan fingerprint density at radius 3 is 2.43 bits per heavy atom. The molecule has 7 heteroatoms. The maximum Gasteiger partial charge on any atom is 0.410 e. The summed E-state index contributed by atoms with van der Waals surface area (Å²) in [5.74, 6) is -0.216. The lowest BCUT2D eigenvalue weighted by Crippen LogP contribution is -2.65. The van der Waals surface area contributed by atoms with Crippen LogP contribution in [-0.4, -0.2) is 90.8 Å². The molecule has 2 aliphatic rings. The predicted octanol–water partition coefficient (Wildman–Crippen LogP) is 0.785. The molecule has 2 atom stereocenters. The van der Waals surface area contributed by atoms with Crippen LogP contribution in [0.15, 0.2) is 0 Å². The summed E-state index contributed by atoms with van der Waals surface area (Å²) in [5, 5.41) is 0. The van der Waals surface area contributed by atoms with Gasteiger partial charge in [-0.3, -0.25) is 14.6 Å². The summed E-state index contributed by atoms with van der Waals surface area (Å²) in [6.07, 6.45) is -0.255. The molecule has 0 N–H and O–H groups in total. The number of hydrogen-bond donors (Lipinski definition) is 0. The fraction of sp³-hybridized carbons (Fsp3) is 0.875. The summed E-state index contributed by atoms with van der Waals surface area (Å²) in [5.41, 5.74) is -0.489. The highest BCUT2D eigenvalue weighted by Gasteiger charge is 2.39. The van der Waals surface area contributed by atoms with Crippen LogP contribution in [0.25, 0.3) is 0 Å². The monoisotopic (exact) mass is 327 g/mol. The molecule has 0 spiro atoms. The van der Waals surface area contributed by atoms with E-state index in [0.29, 0.717) is 13.1 Å². The van der Waals surface area contributed by atoms with Crippen LogP contribution in [0.3, 0.4) is 0 Å². The van der Waals surface area contributed by atoms with E-state index in [1.54, 1.807) is 0 Å². The first-order chi connectivity index (χ1) is 10.7. The molecule has 2 saturated heterocycles. The van der Waals surface area contributed by atoms with Crippen molar-refractivity contribution in [3.63, 3.8) is 0 Å². The third kappa shape index (κ3) is 4.81. The van der Waals surface area contributed by atoms with Crippen molar-refractivity contribution >= 4 is 12.1 Å². The summed E-state index contributed by atoms with van der Waals surface area (Å²) in [6.45, 7) is 12.0. The molecule has 1 amide bonds. The van der Waals surface area contributed by atoms with Crippen LogP contribution in [0.2, 0.25) is 0 Å².